The molecule has 104 valence electrons. The van der Waals surface area contributed by atoms with Gasteiger partial charge in [0.05, 0.1) is 5.69 Å². The van der Waals surface area contributed by atoms with Gasteiger partial charge >= 0.3 is 0 Å². The lowest BCUT2D eigenvalue weighted by atomic mass is 9.95. The minimum atomic E-state index is 0.579. The van der Waals surface area contributed by atoms with Crippen LogP contribution in [-0.2, 0) is 6.54 Å². The molecule has 1 atom stereocenters. The number of aromatic nitrogens is 4. The molecule has 1 N–H and O–H groups in total. The molecule has 1 aliphatic heterocycles. The van der Waals surface area contributed by atoms with Gasteiger partial charge in [-0.3, -0.25) is 14.4 Å². The number of aromatic amines is 1. The minimum absolute atomic E-state index is 0.579. The number of piperidine rings is 1. The summed E-state index contributed by atoms with van der Waals surface area (Å²) in [4.78, 5) is 8.26. The zero-order valence-corrected chi connectivity index (χ0v) is 12.0. The zero-order chi connectivity index (χ0) is 13.4. The SMILES string of the molecule is c1cc(C2CCCN(Cc3cn4ccsc4n3)C2)[nH]n1. The predicted octanol–water partition coefficient (Wildman–Crippen LogP) is 2.50. The van der Waals surface area contributed by atoms with Crippen molar-refractivity contribution >= 4 is 16.3 Å². The highest BCUT2D eigenvalue weighted by Gasteiger charge is 2.22. The van der Waals surface area contributed by atoms with Crippen LogP contribution in [0.5, 0.6) is 0 Å². The molecule has 6 heteroatoms. The standard InChI is InChI=1S/C14H17N5S/c1-2-11(13-3-4-15-17-13)8-18(5-1)9-12-10-19-6-7-20-14(19)16-12/h3-4,6-7,10-11H,1-2,5,8-9H2,(H,15,17). The van der Waals surface area contributed by atoms with Crippen LogP contribution in [0.15, 0.2) is 30.0 Å². The van der Waals surface area contributed by atoms with Crippen LogP contribution in [0.2, 0.25) is 0 Å². The summed E-state index contributed by atoms with van der Waals surface area (Å²) in [6.45, 7) is 3.20. The van der Waals surface area contributed by atoms with Crippen LogP contribution in [-0.4, -0.2) is 37.6 Å². The monoisotopic (exact) mass is 287 g/mol. The summed E-state index contributed by atoms with van der Waals surface area (Å²) in [6, 6.07) is 2.10. The van der Waals surface area contributed by atoms with Crippen LogP contribution in [0.1, 0.15) is 30.1 Å². The molecule has 0 spiro atoms. The van der Waals surface area contributed by atoms with Gasteiger partial charge in [-0.15, -0.1) is 11.3 Å². The second-order valence-electron chi connectivity index (χ2n) is 5.41. The van der Waals surface area contributed by atoms with Gasteiger partial charge in [0.15, 0.2) is 4.96 Å². The molecule has 3 aromatic rings. The van der Waals surface area contributed by atoms with E-state index in [2.05, 4.69) is 48.3 Å². The number of nitrogens with one attached hydrogen (secondary N) is 1. The van der Waals surface area contributed by atoms with E-state index < -0.39 is 0 Å². The Morgan fingerprint density at radius 3 is 3.30 bits per heavy atom. The first-order valence-corrected chi connectivity index (χ1v) is 7.89. The molecule has 0 aliphatic carbocycles. The third kappa shape index (κ3) is 2.25. The highest BCUT2D eigenvalue weighted by atomic mass is 32.1. The molecule has 3 aromatic heterocycles. The van der Waals surface area contributed by atoms with E-state index >= 15 is 0 Å². The average molecular weight is 287 g/mol. The van der Waals surface area contributed by atoms with E-state index in [4.69, 9.17) is 0 Å². The number of imidazole rings is 1. The molecule has 4 heterocycles. The van der Waals surface area contributed by atoms with Gasteiger partial charge in [0, 0.05) is 48.7 Å². The van der Waals surface area contributed by atoms with Crippen LogP contribution in [0, 0.1) is 0 Å². The topological polar surface area (TPSA) is 49.2 Å². The summed E-state index contributed by atoms with van der Waals surface area (Å²) in [6.07, 6.45) is 8.55. The number of thiazole rings is 1. The Bertz CT molecular complexity index is 655. The third-order valence-corrected chi connectivity index (χ3v) is 4.77. The number of likely N-dealkylation sites (tertiary alicyclic amines) is 1. The Labute approximate surface area is 121 Å². The zero-order valence-electron chi connectivity index (χ0n) is 11.2. The summed E-state index contributed by atoms with van der Waals surface area (Å²) >= 11 is 1.69. The predicted molar refractivity (Wildman–Crippen MR) is 78.9 cm³/mol. The summed E-state index contributed by atoms with van der Waals surface area (Å²) in [5, 5.41) is 9.26. The molecule has 1 fully saturated rings. The molecule has 0 saturated carbocycles. The largest absolute Gasteiger partial charge is 0.297 e. The molecule has 5 nitrogen and oxygen atoms in total. The van der Waals surface area contributed by atoms with Gasteiger partial charge in [0.1, 0.15) is 0 Å². The minimum Gasteiger partial charge on any atom is -0.297 e. The van der Waals surface area contributed by atoms with Crippen molar-refractivity contribution in [2.45, 2.75) is 25.3 Å². The fourth-order valence-corrected chi connectivity index (χ4v) is 3.75. The van der Waals surface area contributed by atoms with Gasteiger partial charge < -0.3 is 0 Å². The lowest BCUT2D eigenvalue weighted by molar-refractivity contribution is 0.196. The molecule has 0 aromatic carbocycles. The molecule has 1 unspecified atom stereocenters. The fraction of sp³-hybridized carbons (Fsp3) is 0.429. The van der Waals surface area contributed by atoms with E-state index in [1.807, 2.05) is 6.20 Å². The van der Waals surface area contributed by atoms with E-state index in [1.165, 1.54) is 24.2 Å². The van der Waals surface area contributed by atoms with Crippen molar-refractivity contribution in [2.24, 2.45) is 0 Å². The van der Waals surface area contributed by atoms with Crippen molar-refractivity contribution in [1.29, 1.82) is 0 Å². The van der Waals surface area contributed by atoms with Crippen LogP contribution in [0.3, 0.4) is 0 Å². The van der Waals surface area contributed by atoms with Gasteiger partial charge in [0.25, 0.3) is 0 Å². The van der Waals surface area contributed by atoms with Crippen molar-refractivity contribution in [3.63, 3.8) is 0 Å². The number of rotatable bonds is 3. The summed E-state index contributed by atoms with van der Waals surface area (Å²) in [5.41, 5.74) is 2.43. The smallest absolute Gasteiger partial charge is 0.193 e. The van der Waals surface area contributed by atoms with E-state index in [-0.39, 0.29) is 0 Å². The molecule has 1 aliphatic rings. The van der Waals surface area contributed by atoms with Crippen molar-refractivity contribution in [1.82, 2.24) is 24.5 Å². The van der Waals surface area contributed by atoms with E-state index in [9.17, 15) is 0 Å². The Kier molecular flexibility index (Phi) is 3.05. The van der Waals surface area contributed by atoms with Gasteiger partial charge in [0.2, 0.25) is 0 Å². The lowest BCUT2D eigenvalue weighted by Gasteiger charge is -2.31. The molecule has 20 heavy (non-hydrogen) atoms. The number of hydrogen-bond donors (Lipinski definition) is 1. The van der Waals surface area contributed by atoms with Crippen molar-refractivity contribution in [3.05, 3.63) is 41.4 Å². The highest BCUT2D eigenvalue weighted by molar-refractivity contribution is 7.15. The van der Waals surface area contributed by atoms with Crippen LogP contribution >= 0.6 is 11.3 Å². The van der Waals surface area contributed by atoms with Gasteiger partial charge in [-0.2, -0.15) is 5.10 Å². The van der Waals surface area contributed by atoms with E-state index in [0.29, 0.717) is 5.92 Å². The van der Waals surface area contributed by atoms with Crippen LogP contribution in [0.4, 0.5) is 0 Å². The van der Waals surface area contributed by atoms with E-state index in [0.717, 1.165) is 24.6 Å². The second kappa shape index (κ2) is 5.03. The third-order valence-electron chi connectivity index (χ3n) is 4.00. The van der Waals surface area contributed by atoms with Gasteiger partial charge in [-0.1, -0.05) is 0 Å². The molecule has 0 bridgehead atoms. The van der Waals surface area contributed by atoms with Crippen molar-refractivity contribution < 1.29 is 0 Å². The molecular formula is C14H17N5S. The van der Waals surface area contributed by atoms with Gasteiger partial charge in [-0.05, 0) is 25.5 Å². The Hall–Kier alpha value is -1.66. The Balaban J connectivity index is 1.47. The van der Waals surface area contributed by atoms with Crippen molar-refractivity contribution in [3.8, 4) is 0 Å². The number of nitrogens with zero attached hydrogens (tertiary/aromatic N) is 4. The number of fused-ring (bicyclic) bond motifs is 1. The summed E-state index contributed by atoms with van der Waals surface area (Å²) < 4.78 is 2.11. The Morgan fingerprint density at radius 2 is 2.45 bits per heavy atom. The molecule has 4 rings (SSSR count). The second-order valence-corrected chi connectivity index (χ2v) is 6.28. The maximum atomic E-state index is 4.67. The van der Waals surface area contributed by atoms with Crippen LogP contribution in [0.25, 0.3) is 4.96 Å². The van der Waals surface area contributed by atoms with Crippen molar-refractivity contribution in [2.75, 3.05) is 13.1 Å². The molecular weight excluding hydrogens is 270 g/mol. The molecule has 1 saturated heterocycles. The number of H-pyrrole nitrogens is 1. The average Bonchev–Trinajstić information content (AvgIpc) is 3.15. The van der Waals surface area contributed by atoms with Crippen LogP contribution < -0.4 is 0 Å². The maximum Gasteiger partial charge on any atom is 0.193 e. The Morgan fingerprint density at radius 1 is 1.45 bits per heavy atom. The first-order chi connectivity index (χ1) is 9.88. The lowest BCUT2D eigenvalue weighted by Crippen LogP contribution is -2.34. The maximum absolute atomic E-state index is 4.67. The van der Waals surface area contributed by atoms with Gasteiger partial charge in [-0.25, -0.2) is 4.98 Å². The quantitative estimate of drug-likeness (QED) is 0.805. The first kappa shape index (κ1) is 12.1. The van der Waals surface area contributed by atoms with E-state index in [1.54, 1.807) is 11.3 Å². The first-order valence-electron chi connectivity index (χ1n) is 7.01. The summed E-state index contributed by atoms with van der Waals surface area (Å²) in [7, 11) is 0. The highest BCUT2D eigenvalue weighted by Crippen LogP contribution is 2.26. The fourth-order valence-electron chi connectivity index (χ4n) is 3.03. The molecule has 0 amide bonds. The molecule has 0 radical (unpaired) electrons. The normalized spacial score (nSPS) is 20.7. The summed E-state index contributed by atoms with van der Waals surface area (Å²) in [5.74, 6) is 0.579. The number of hydrogen-bond acceptors (Lipinski definition) is 4.